The van der Waals surface area contributed by atoms with E-state index in [-0.39, 0.29) is 30.0 Å². The molecular weight excluding hydrogens is 521 g/mol. The first-order chi connectivity index (χ1) is 15.2. The van der Waals surface area contributed by atoms with Gasteiger partial charge in [-0.05, 0) is 56.7 Å². The number of nitrogens with zero attached hydrogens (tertiary/aromatic N) is 1. The lowest BCUT2D eigenvalue weighted by atomic mass is 10.1. The third-order valence-electron chi connectivity index (χ3n) is 5.10. The van der Waals surface area contributed by atoms with Gasteiger partial charge in [-0.2, -0.15) is 0 Å². The van der Waals surface area contributed by atoms with E-state index in [4.69, 9.17) is 18.9 Å². The molecule has 2 rings (SSSR count). The molecule has 1 aromatic rings. The van der Waals surface area contributed by atoms with E-state index in [1.165, 1.54) is 0 Å². The molecule has 1 aliphatic heterocycles. The fourth-order valence-corrected chi connectivity index (χ4v) is 3.30. The molecule has 1 saturated heterocycles. The van der Waals surface area contributed by atoms with Gasteiger partial charge in [0.2, 0.25) is 0 Å². The van der Waals surface area contributed by atoms with Gasteiger partial charge >= 0.3 is 0 Å². The van der Waals surface area contributed by atoms with Gasteiger partial charge in [0.05, 0.1) is 25.4 Å². The maximum Gasteiger partial charge on any atom is 0.191 e. The highest BCUT2D eigenvalue weighted by Crippen LogP contribution is 2.31. The fraction of sp³-hybridized carbons (Fsp3) is 0.708. The van der Waals surface area contributed by atoms with Crippen molar-refractivity contribution in [1.82, 2.24) is 10.6 Å². The second kappa shape index (κ2) is 17.2. The number of hydrogen-bond donors (Lipinski definition) is 2. The van der Waals surface area contributed by atoms with Crippen molar-refractivity contribution in [3.8, 4) is 11.5 Å². The monoisotopic (exact) mass is 563 g/mol. The van der Waals surface area contributed by atoms with Crippen LogP contribution in [0.25, 0.3) is 0 Å². The van der Waals surface area contributed by atoms with Crippen molar-refractivity contribution in [2.45, 2.75) is 65.0 Å². The van der Waals surface area contributed by atoms with Gasteiger partial charge in [-0.3, -0.25) is 4.99 Å². The lowest BCUT2D eigenvalue weighted by Gasteiger charge is -2.22. The summed E-state index contributed by atoms with van der Waals surface area (Å²) in [6.45, 7) is 10.9. The molecule has 0 bridgehead atoms. The molecule has 0 aromatic heterocycles. The SMILES string of the molecule is CCCOc1ccc(C(C)NC(=NC)NCCCOC2CCOCC2)cc1OCCC.I. The number of guanidine groups is 1. The molecule has 0 saturated carbocycles. The van der Waals surface area contributed by atoms with Crippen molar-refractivity contribution in [2.75, 3.05) is 46.6 Å². The minimum atomic E-state index is 0. The standard InChI is InChI=1S/C24H41N3O4.HI/c1-5-13-30-22-9-8-20(18-23(22)31-14-6-2)19(3)27-24(25-4)26-12-7-15-29-21-10-16-28-17-11-21;/h8-9,18-19,21H,5-7,10-17H2,1-4H3,(H2,25,26,27);1H. The molecule has 184 valence electrons. The predicted molar refractivity (Wildman–Crippen MR) is 141 cm³/mol. The molecule has 0 radical (unpaired) electrons. The van der Waals surface area contributed by atoms with Crippen LogP contribution in [0.2, 0.25) is 0 Å². The second-order valence-corrected chi connectivity index (χ2v) is 7.80. The number of aliphatic imine (C=N–C) groups is 1. The van der Waals surface area contributed by atoms with E-state index in [0.717, 1.165) is 81.5 Å². The molecule has 0 spiro atoms. The minimum Gasteiger partial charge on any atom is -0.490 e. The maximum atomic E-state index is 5.93. The Morgan fingerprint density at radius 2 is 1.78 bits per heavy atom. The summed E-state index contributed by atoms with van der Waals surface area (Å²) in [5.41, 5.74) is 1.13. The molecule has 1 fully saturated rings. The highest BCUT2D eigenvalue weighted by atomic mass is 127. The number of rotatable bonds is 13. The molecule has 8 heteroatoms. The van der Waals surface area contributed by atoms with Crippen molar-refractivity contribution >= 4 is 29.9 Å². The van der Waals surface area contributed by atoms with Gasteiger partial charge in [-0.15, -0.1) is 24.0 Å². The van der Waals surface area contributed by atoms with Gasteiger partial charge in [0, 0.05) is 33.4 Å². The van der Waals surface area contributed by atoms with E-state index in [1.807, 2.05) is 6.07 Å². The number of hydrogen-bond acceptors (Lipinski definition) is 5. The van der Waals surface area contributed by atoms with Gasteiger partial charge in [0.25, 0.3) is 0 Å². The lowest BCUT2D eigenvalue weighted by Crippen LogP contribution is -2.39. The largest absolute Gasteiger partial charge is 0.490 e. The average molecular weight is 564 g/mol. The summed E-state index contributed by atoms with van der Waals surface area (Å²) in [5.74, 6) is 2.38. The van der Waals surface area contributed by atoms with Crippen LogP contribution in [-0.4, -0.2) is 58.7 Å². The van der Waals surface area contributed by atoms with E-state index >= 15 is 0 Å². The fourth-order valence-electron chi connectivity index (χ4n) is 3.30. The first-order valence-corrected chi connectivity index (χ1v) is 11.7. The Hall–Kier alpha value is -1.26. The average Bonchev–Trinajstić information content (AvgIpc) is 2.81. The quantitative estimate of drug-likeness (QED) is 0.157. The van der Waals surface area contributed by atoms with Crippen LogP contribution < -0.4 is 20.1 Å². The second-order valence-electron chi connectivity index (χ2n) is 7.80. The summed E-state index contributed by atoms with van der Waals surface area (Å²) < 4.78 is 23.1. The van der Waals surface area contributed by atoms with E-state index in [2.05, 4.69) is 48.5 Å². The molecule has 32 heavy (non-hydrogen) atoms. The molecule has 1 aromatic carbocycles. The third-order valence-corrected chi connectivity index (χ3v) is 5.10. The maximum absolute atomic E-state index is 5.93. The molecule has 1 heterocycles. The summed E-state index contributed by atoms with van der Waals surface area (Å²) in [6.07, 6.45) is 5.21. The number of halogens is 1. The zero-order valence-electron chi connectivity index (χ0n) is 20.2. The molecule has 1 unspecified atom stereocenters. The van der Waals surface area contributed by atoms with Crippen LogP contribution in [-0.2, 0) is 9.47 Å². The first-order valence-electron chi connectivity index (χ1n) is 11.7. The molecule has 0 aliphatic carbocycles. The van der Waals surface area contributed by atoms with Crippen molar-refractivity contribution in [2.24, 2.45) is 4.99 Å². The van der Waals surface area contributed by atoms with E-state index in [0.29, 0.717) is 19.3 Å². The first kappa shape index (κ1) is 28.8. The summed E-state index contributed by atoms with van der Waals surface area (Å²) in [4.78, 5) is 4.35. The minimum absolute atomic E-state index is 0. The van der Waals surface area contributed by atoms with E-state index in [1.54, 1.807) is 7.05 Å². The molecule has 1 atom stereocenters. The number of ether oxygens (including phenoxy) is 4. The Bertz CT molecular complexity index is 654. The van der Waals surface area contributed by atoms with Crippen LogP contribution >= 0.6 is 24.0 Å². The summed E-state index contributed by atoms with van der Waals surface area (Å²) in [5, 5.41) is 6.83. The zero-order chi connectivity index (χ0) is 22.3. The highest BCUT2D eigenvalue weighted by Gasteiger charge is 2.14. The normalized spacial score (nSPS) is 15.6. The van der Waals surface area contributed by atoms with E-state index in [9.17, 15) is 0 Å². The van der Waals surface area contributed by atoms with Gasteiger partial charge in [0.15, 0.2) is 17.5 Å². The number of nitrogens with one attached hydrogen (secondary N) is 2. The van der Waals surface area contributed by atoms with Gasteiger partial charge in [-0.25, -0.2) is 0 Å². The predicted octanol–water partition coefficient (Wildman–Crippen LogP) is 4.69. The molecular formula is C24H42IN3O4. The van der Waals surface area contributed by atoms with Gasteiger partial charge in [-0.1, -0.05) is 19.9 Å². The summed E-state index contributed by atoms with van der Waals surface area (Å²) >= 11 is 0. The van der Waals surface area contributed by atoms with Gasteiger partial charge in [0.1, 0.15) is 0 Å². The Kier molecular flexibility index (Phi) is 15.5. The molecule has 0 amide bonds. The van der Waals surface area contributed by atoms with Crippen LogP contribution in [0, 0.1) is 0 Å². The van der Waals surface area contributed by atoms with E-state index < -0.39 is 0 Å². The molecule has 1 aliphatic rings. The van der Waals surface area contributed by atoms with Crippen molar-refractivity contribution in [3.63, 3.8) is 0 Å². The zero-order valence-corrected chi connectivity index (χ0v) is 22.5. The Morgan fingerprint density at radius 1 is 1.09 bits per heavy atom. The molecule has 2 N–H and O–H groups in total. The summed E-state index contributed by atoms with van der Waals surface area (Å²) in [7, 11) is 1.79. The van der Waals surface area contributed by atoms with Crippen molar-refractivity contribution in [1.29, 1.82) is 0 Å². The smallest absolute Gasteiger partial charge is 0.191 e. The van der Waals surface area contributed by atoms with Gasteiger partial charge < -0.3 is 29.6 Å². The molecule has 7 nitrogen and oxygen atoms in total. The van der Waals surface area contributed by atoms with Crippen LogP contribution in [0.3, 0.4) is 0 Å². The Morgan fingerprint density at radius 3 is 2.44 bits per heavy atom. The van der Waals surface area contributed by atoms with Crippen LogP contribution in [0.4, 0.5) is 0 Å². The number of benzene rings is 1. The Balaban J connectivity index is 0.00000512. The van der Waals surface area contributed by atoms with Crippen LogP contribution in [0.1, 0.15) is 64.5 Å². The van der Waals surface area contributed by atoms with Crippen molar-refractivity contribution < 1.29 is 18.9 Å². The van der Waals surface area contributed by atoms with Crippen LogP contribution in [0.5, 0.6) is 11.5 Å². The lowest BCUT2D eigenvalue weighted by molar-refractivity contribution is -0.0320. The third kappa shape index (κ3) is 10.6. The van der Waals surface area contributed by atoms with Crippen molar-refractivity contribution in [3.05, 3.63) is 23.8 Å². The highest BCUT2D eigenvalue weighted by molar-refractivity contribution is 14.0. The Labute approximate surface area is 211 Å². The topological polar surface area (TPSA) is 73.3 Å². The summed E-state index contributed by atoms with van der Waals surface area (Å²) in [6, 6.07) is 6.22. The van der Waals surface area contributed by atoms with Crippen LogP contribution in [0.15, 0.2) is 23.2 Å².